The average Bonchev–Trinajstić information content (AvgIpc) is 2.56. The number of hydrogen-bond acceptors (Lipinski definition) is 5. The van der Waals surface area contributed by atoms with E-state index in [1.165, 1.54) is 12.8 Å². The largest absolute Gasteiger partial charge is 0.380 e. The van der Waals surface area contributed by atoms with Gasteiger partial charge >= 0.3 is 0 Å². The zero-order chi connectivity index (χ0) is 18.0. The Morgan fingerprint density at radius 1 is 1.28 bits per heavy atom. The first-order valence-corrected chi connectivity index (χ1v) is 9.19. The molecule has 1 aliphatic carbocycles. The van der Waals surface area contributed by atoms with Gasteiger partial charge in [0.15, 0.2) is 5.78 Å². The molecule has 2 aromatic rings. The Kier molecular flexibility index (Phi) is 5.54. The van der Waals surface area contributed by atoms with E-state index >= 15 is 0 Å². The molecule has 3 rings (SSSR count). The SMILES string of the molecule is CC(=O)c1cnc2ccc(Cl)nc2c1N[C@H]1CC[C@@H](CN(C)C)CC1. The Morgan fingerprint density at radius 3 is 2.64 bits per heavy atom. The fourth-order valence-corrected chi connectivity index (χ4v) is 3.81. The topological polar surface area (TPSA) is 58.1 Å². The van der Waals surface area contributed by atoms with Gasteiger partial charge in [0.25, 0.3) is 0 Å². The number of halogens is 1. The van der Waals surface area contributed by atoms with Crippen LogP contribution in [0.5, 0.6) is 0 Å². The number of rotatable bonds is 5. The van der Waals surface area contributed by atoms with Gasteiger partial charge in [-0.15, -0.1) is 0 Å². The van der Waals surface area contributed by atoms with Gasteiger partial charge in [0, 0.05) is 18.8 Å². The maximum atomic E-state index is 12.1. The van der Waals surface area contributed by atoms with Gasteiger partial charge in [-0.3, -0.25) is 9.78 Å². The summed E-state index contributed by atoms with van der Waals surface area (Å²) in [4.78, 5) is 23.1. The predicted molar refractivity (Wildman–Crippen MR) is 102 cm³/mol. The van der Waals surface area contributed by atoms with Crippen LogP contribution in [0.2, 0.25) is 5.15 Å². The zero-order valence-electron chi connectivity index (χ0n) is 15.1. The van der Waals surface area contributed by atoms with Crippen LogP contribution in [0.15, 0.2) is 18.3 Å². The summed E-state index contributed by atoms with van der Waals surface area (Å²) in [5.41, 5.74) is 2.78. The van der Waals surface area contributed by atoms with E-state index in [1.807, 2.05) is 6.07 Å². The summed E-state index contributed by atoms with van der Waals surface area (Å²) in [6, 6.07) is 3.91. The summed E-state index contributed by atoms with van der Waals surface area (Å²) in [6.07, 6.45) is 6.23. The fourth-order valence-electron chi connectivity index (χ4n) is 3.67. The van der Waals surface area contributed by atoms with E-state index in [-0.39, 0.29) is 5.78 Å². The van der Waals surface area contributed by atoms with Crippen LogP contribution in [0.25, 0.3) is 11.0 Å². The minimum Gasteiger partial charge on any atom is -0.380 e. The third-order valence-corrected chi connectivity index (χ3v) is 5.09. The van der Waals surface area contributed by atoms with Crippen molar-refractivity contribution in [3.63, 3.8) is 0 Å². The molecule has 0 unspecified atom stereocenters. The van der Waals surface area contributed by atoms with Crippen molar-refractivity contribution in [1.29, 1.82) is 0 Å². The standard InChI is InChI=1S/C19H25ClN4O/c1-12(25)15-10-21-16-8-9-17(20)23-19(16)18(15)22-14-6-4-13(5-7-14)11-24(2)3/h8-10,13-14H,4-7,11H2,1-3H3,(H,21,22)/t13-,14+. The highest BCUT2D eigenvalue weighted by Gasteiger charge is 2.24. The number of ketones is 1. The van der Waals surface area contributed by atoms with E-state index in [0.29, 0.717) is 22.3 Å². The smallest absolute Gasteiger partial charge is 0.163 e. The van der Waals surface area contributed by atoms with Crippen molar-refractivity contribution >= 4 is 34.1 Å². The summed E-state index contributed by atoms with van der Waals surface area (Å²) in [5.74, 6) is 0.738. The summed E-state index contributed by atoms with van der Waals surface area (Å²) in [5, 5.41) is 3.99. The van der Waals surface area contributed by atoms with Crippen molar-refractivity contribution < 1.29 is 4.79 Å². The van der Waals surface area contributed by atoms with Crippen molar-refractivity contribution in [2.75, 3.05) is 26.0 Å². The second-order valence-corrected chi connectivity index (χ2v) is 7.62. The molecular weight excluding hydrogens is 336 g/mol. The van der Waals surface area contributed by atoms with E-state index in [2.05, 4.69) is 34.3 Å². The Morgan fingerprint density at radius 2 is 2.00 bits per heavy atom. The molecule has 1 N–H and O–H groups in total. The van der Waals surface area contributed by atoms with E-state index in [1.54, 1.807) is 19.2 Å². The molecule has 5 nitrogen and oxygen atoms in total. The van der Waals surface area contributed by atoms with Crippen LogP contribution in [0.3, 0.4) is 0 Å². The molecule has 1 aliphatic rings. The second-order valence-electron chi connectivity index (χ2n) is 7.23. The van der Waals surface area contributed by atoms with Crippen LogP contribution in [0.1, 0.15) is 43.0 Å². The van der Waals surface area contributed by atoms with Gasteiger partial charge in [0.2, 0.25) is 0 Å². The normalized spacial score (nSPS) is 20.8. The van der Waals surface area contributed by atoms with E-state index in [4.69, 9.17) is 11.6 Å². The van der Waals surface area contributed by atoms with Gasteiger partial charge in [-0.1, -0.05) is 11.6 Å². The molecule has 134 valence electrons. The van der Waals surface area contributed by atoms with E-state index < -0.39 is 0 Å². The predicted octanol–water partition coefficient (Wildman–Crippen LogP) is 4.02. The Balaban J connectivity index is 1.84. The molecule has 2 aromatic heterocycles. The molecule has 1 saturated carbocycles. The lowest BCUT2D eigenvalue weighted by molar-refractivity contribution is 0.101. The number of Topliss-reactive ketones (excluding diaryl/α,β-unsaturated/α-hetero) is 1. The van der Waals surface area contributed by atoms with Gasteiger partial charge in [0.1, 0.15) is 10.7 Å². The number of anilines is 1. The van der Waals surface area contributed by atoms with Crippen molar-refractivity contribution in [3.05, 3.63) is 29.0 Å². The van der Waals surface area contributed by atoms with Gasteiger partial charge < -0.3 is 10.2 Å². The molecule has 0 aliphatic heterocycles. The number of nitrogens with one attached hydrogen (secondary N) is 1. The lowest BCUT2D eigenvalue weighted by Gasteiger charge is -2.31. The van der Waals surface area contributed by atoms with Gasteiger partial charge in [-0.05, 0) is 64.8 Å². The first kappa shape index (κ1) is 18.1. The number of carbonyl (C=O) groups is 1. The van der Waals surface area contributed by atoms with Gasteiger partial charge in [0.05, 0.1) is 16.8 Å². The van der Waals surface area contributed by atoms with E-state index in [9.17, 15) is 4.79 Å². The first-order chi connectivity index (χ1) is 11.9. The molecule has 1 fully saturated rings. The van der Waals surface area contributed by atoms with E-state index in [0.717, 1.165) is 36.5 Å². The summed E-state index contributed by atoms with van der Waals surface area (Å²) in [6.45, 7) is 2.70. The molecule has 6 heteroatoms. The molecule has 0 aromatic carbocycles. The van der Waals surface area contributed by atoms with Crippen LogP contribution in [-0.2, 0) is 0 Å². The molecule has 0 spiro atoms. The number of fused-ring (bicyclic) bond motifs is 1. The molecular formula is C19H25ClN4O. The molecule has 0 bridgehead atoms. The summed E-state index contributed by atoms with van der Waals surface area (Å²) in [7, 11) is 4.25. The van der Waals surface area contributed by atoms with Crippen molar-refractivity contribution in [2.24, 2.45) is 5.92 Å². The average molecular weight is 361 g/mol. The van der Waals surface area contributed by atoms with Crippen LogP contribution < -0.4 is 5.32 Å². The molecule has 0 saturated heterocycles. The summed E-state index contributed by atoms with van der Waals surface area (Å²) < 4.78 is 0. The maximum absolute atomic E-state index is 12.1. The third kappa shape index (κ3) is 4.28. The summed E-state index contributed by atoms with van der Waals surface area (Å²) >= 11 is 6.08. The Hall–Kier alpha value is -1.72. The molecule has 0 atom stereocenters. The highest BCUT2D eigenvalue weighted by atomic mass is 35.5. The number of hydrogen-bond donors (Lipinski definition) is 1. The van der Waals surface area contributed by atoms with Crippen LogP contribution in [-0.4, -0.2) is 47.3 Å². The van der Waals surface area contributed by atoms with Gasteiger partial charge in [-0.25, -0.2) is 4.98 Å². The highest BCUT2D eigenvalue weighted by molar-refractivity contribution is 6.30. The zero-order valence-corrected chi connectivity index (χ0v) is 15.8. The van der Waals surface area contributed by atoms with Crippen molar-refractivity contribution in [3.8, 4) is 0 Å². The highest BCUT2D eigenvalue weighted by Crippen LogP contribution is 2.31. The quantitative estimate of drug-likeness (QED) is 0.644. The fraction of sp³-hybridized carbons (Fsp3) is 0.526. The molecule has 2 heterocycles. The van der Waals surface area contributed by atoms with Crippen LogP contribution in [0.4, 0.5) is 5.69 Å². The third-order valence-electron chi connectivity index (χ3n) is 4.88. The number of aromatic nitrogens is 2. The second kappa shape index (κ2) is 7.67. The molecule has 25 heavy (non-hydrogen) atoms. The van der Waals surface area contributed by atoms with Crippen molar-refractivity contribution in [2.45, 2.75) is 38.6 Å². The minimum absolute atomic E-state index is 0.0139. The molecule has 0 amide bonds. The monoisotopic (exact) mass is 360 g/mol. The Bertz CT molecular complexity index is 769. The maximum Gasteiger partial charge on any atom is 0.163 e. The van der Waals surface area contributed by atoms with Gasteiger partial charge in [-0.2, -0.15) is 0 Å². The molecule has 0 radical (unpaired) electrons. The van der Waals surface area contributed by atoms with Crippen LogP contribution in [0, 0.1) is 5.92 Å². The van der Waals surface area contributed by atoms with Crippen molar-refractivity contribution in [1.82, 2.24) is 14.9 Å². The number of nitrogens with zero attached hydrogens (tertiary/aromatic N) is 3. The Labute approximate surface area is 153 Å². The first-order valence-electron chi connectivity index (χ1n) is 8.81. The lowest BCUT2D eigenvalue weighted by atomic mass is 9.85. The van der Waals surface area contributed by atoms with Crippen LogP contribution >= 0.6 is 11.6 Å². The lowest BCUT2D eigenvalue weighted by Crippen LogP contribution is -2.31. The number of pyridine rings is 2. The minimum atomic E-state index is -0.0139. The number of carbonyl (C=O) groups excluding carboxylic acids is 1.